The molecule has 3 aromatic rings. The summed E-state index contributed by atoms with van der Waals surface area (Å²) in [4.78, 5) is 26.8. The molecule has 0 radical (unpaired) electrons. The first-order chi connectivity index (χ1) is 11.5. The zero-order valence-corrected chi connectivity index (χ0v) is 13.1. The smallest absolute Gasteiger partial charge is 0.340 e. The maximum Gasteiger partial charge on any atom is 0.340 e. The van der Waals surface area contributed by atoms with E-state index in [1.807, 2.05) is 12.1 Å². The fraction of sp³-hybridized carbons (Fsp3) is 0.0588. The van der Waals surface area contributed by atoms with Gasteiger partial charge in [0.2, 0.25) is 0 Å². The van der Waals surface area contributed by atoms with Crippen LogP contribution in [0.15, 0.2) is 48.7 Å². The lowest BCUT2D eigenvalue weighted by Gasteiger charge is -2.07. The highest BCUT2D eigenvalue weighted by molar-refractivity contribution is 6.30. The average molecular weight is 347 g/mol. The van der Waals surface area contributed by atoms with Crippen molar-refractivity contribution in [2.75, 3.05) is 11.9 Å². The Morgan fingerprint density at radius 3 is 2.79 bits per heavy atom. The molecule has 0 aliphatic rings. The summed E-state index contributed by atoms with van der Waals surface area (Å²) >= 11 is 5.64. The Bertz CT molecular complexity index is 923. The Hall–Kier alpha value is -2.86. The molecule has 0 saturated carbocycles. The van der Waals surface area contributed by atoms with E-state index in [1.54, 1.807) is 12.1 Å². The predicted octanol–water partition coefficient (Wildman–Crippen LogP) is 3.76. The van der Waals surface area contributed by atoms with Gasteiger partial charge in [0.1, 0.15) is 5.82 Å². The van der Waals surface area contributed by atoms with E-state index < -0.39 is 24.3 Å². The van der Waals surface area contributed by atoms with Crippen LogP contribution in [0.4, 0.5) is 10.1 Å². The molecule has 0 fully saturated rings. The topological polar surface area (TPSA) is 71.2 Å². The van der Waals surface area contributed by atoms with Gasteiger partial charge in [-0.15, -0.1) is 0 Å². The van der Waals surface area contributed by atoms with Gasteiger partial charge in [-0.2, -0.15) is 0 Å². The first kappa shape index (κ1) is 16.0. The fourth-order valence-electron chi connectivity index (χ4n) is 2.23. The molecule has 0 aliphatic carbocycles. The highest BCUT2D eigenvalue weighted by atomic mass is 35.5. The van der Waals surface area contributed by atoms with Crippen molar-refractivity contribution in [3.05, 3.63) is 65.1 Å². The molecule has 0 bridgehead atoms. The molecule has 5 nitrogen and oxygen atoms in total. The van der Waals surface area contributed by atoms with Gasteiger partial charge in [0.25, 0.3) is 5.91 Å². The normalized spacial score (nSPS) is 10.6. The van der Waals surface area contributed by atoms with Gasteiger partial charge in [-0.25, -0.2) is 9.18 Å². The van der Waals surface area contributed by atoms with Crippen molar-refractivity contribution in [1.82, 2.24) is 4.98 Å². The summed E-state index contributed by atoms with van der Waals surface area (Å²) in [6, 6.07) is 11.1. The molecule has 1 aromatic heterocycles. The van der Waals surface area contributed by atoms with Crippen LogP contribution in [0, 0.1) is 5.82 Å². The summed E-state index contributed by atoms with van der Waals surface area (Å²) in [7, 11) is 0. The molecule has 0 saturated heterocycles. The first-order valence-corrected chi connectivity index (χ1v) is 7.40. The van der Waals surface area contributed by atoms with Crippen LogP contribution in [0.5, 0.6) is 0 Å². The Balaban J connectivity index is 1.62. The summed E-state index contributed by atoms with van der Waals surface area (Å²) in [5.41, 5.74) is 1.08. The molecule has 0 spiro atoms. The number of hydrogen-bond donors (Lipinski definition) is 2. The third kappa shape index (κ3) is 3.38. The highest BCUT2D eigenvalue weighted by Crippen LogP contribution is 2.20. The lowest BCUT2D eigenvalue weighted by atomic mass is 10.2. The van der Waals surface area contributed by atoms with Crippen molar-refractivity contribution in [2.45, 2.75) is 0 Å². The molecule has 0 aliphatic heterocycles. The Labute approximate surface area is 141 Å². The lowest BCUT2D eigenvalue weighted by molar-refractivity contribution is -0.119. The summed E-state index contributed by atoms with van der Waals surface area (Å²) in [5, 5.41) is 3.24. The molecule has 1 amide bonds. The zero-order chi connectivity index (χ0) is 17.1. The quantitative estimate of drug-likeness (QED) is 0.707. The number of halogens is 2. The van der Waals surface area contributed by atoms with E-state index in [9.17, 15) is 14.0 Å². The number of carbonyl (C=O) groups excluding carboxylic acids is 2. The van der Waals surface area contributed by atoms with Crippen molar-refractivity contribution in [2.24, 2.45) is 0 Å². The van der Waals surface area contributed by atoms with E-state index in [-0.39, 0.29) is 10.7 Å². The summed E-state index contributed by atoms with van der Waals surface area (Å²) < 4.78 is 18.6. The molecule has 3 rings (SSSR count). The number of fused-ring (bicyclic) bond motifs is 1. The van der Waals surface area contributed by atoms with E-state index in [0.29, 0.717) is 10.9 Å². The molecule has 0 unspecified atom stereocenters. The number of anilines is 1. The van der Waals surface area contributed by atoms with Crippen LogP contribution in [0.1, 0.15) is 10.4 Å². The third-order valence-electron chi connectivity index (χ3n) is 3.35. The largest absolute Gasteiger partial charge is 0.452 e. The van der Waals surface area contributed by atoms with Gasteiger partial charge in [-0.05, 0) is 24.3 Å². The second kappa shape index (κ2) is 6.72. The van der Waals surface area contributed by atoms with Gasteiger partial charge in [-0.3, -0.25) is 4.79 Å². The van der Waals surface area contributed by atoms with Crippen molar-refractivity contribution in [3.63, 3.8) is 0 Å². The minimum atomic E-state index is -0.668. The Kier molecular flexibility index (Phi) is 4.48. The number of ether oxygens (including phenoxy) is 1. The molecular weight excluding hydrogens is 335 g/mol. The van der Waals surface area contributed by atoms with Crippen molar-refractivity contribution < 1.29 is 18.7 Å². The minimum absolute atomic E-state index is 0.0347. The van der Waals surface area contributed by atoms with E-state index in [0.717, 1.165) is 11.6 Å². The van der Waals surface area contributed by atoms with E-state index in [2.05, 4.69) is 10.3 Å². The maximum absolute atomic E-state index is 13.6. The number of hydrogen-bond acceptors (Lipinski definition) is 3. The number of para-hydroxylation sites is 1. The number of carbonyl (C=O) groups is 2. The Morgan fingerprint density at radius 2 is 2.00 bits per heavy atom. The highest BCUT2D eigenvalue weighted by Gasteiger charge is 2.15. The van der Waals surface area contributed by atoms with Gasteiger partial charge in [0.15, 0.2) is 6.61 Å². The molecule has 0 atom stereocenters. The SMILES string of the molecule is O=C(COC(=O)c1c[nH]c2ccccc12)Nc1ccc(Cl)cc1F. The number of rotatable bonds is 4. The second-order valence-electron chi connectivity index (χ2n) is 5.00. The molecule has 2 N–H and O–H groups in total. The fourth-order valence-corrected chi connectivity index (χ4v) is 2.39. The van der Waals surface area contributed by atoms with Crippen LogP contribution in [0.2, 0.25) is 5.02 Å². The predicted molar refractivity (Wildman–Crippen MR) is 88.6 cm³/mol. The monoisotopic (exact) mass is 346 g/mol. The number of esters is 1. The van der Waals surface area contributed by atoms with Crippen molar-refractivity contribution >= 4 is 40.1 Å². The molecule has 7 heteroatoms. The van der Waals surface area contributed by atoms with Gasteiger partial charge in [0.05, 0.1) is 11.3 Å². The van der Waals surface area contributed by atoms with Gasteiger partial charge >= 0.3 is 5.97 Å². The average Bonchev–Trinajstić information content (AvgIpc) is 2.99. The van der Waals surface area contributed by atoms with E-state index >= 15 is 0 Å². The number of benzene rings is 2. The number of aromatic nitrogens is 1. The number of amides is 1. The summed E-state index contributed by atoms with van der Waals surface area (Å²) in [5.74, 6) is -1.96. The van der Waals surface area contributed by atoms with Crippen LogP contribution >= 0.6 is 11.6 Å². The molecule has 2 aromatic carbocycles. The standard InChI is InChI=1S/C17H12ClFN2O3/c18-10-5-6-15(13(19)7-10)21-16(22)9-24-17(23)12-8-20-14-4-2-1-3-11(12)14/h1-8,20H,9H2,(H,21,22). The van der Waals surface area contributed by atoms with Crippen LogP contribution < -0.4 is 5.32 Å². The number of aromatic amines is 1. The summed E-state index contributed by atoms with van der Waals surface area (Å²) in [6.07, 6.45) is 1.52. The Morgan fingerprint density at radius 1 is 1.21 bits per heavy atom. The van der Waals surface area contributed by atoms with Crippen LogP contribution in [0.3, 0.4) is 0 Å². The molecule has 1 heterocycles. The number of nitrogens with one attached hydrogen (secondary N) is 2. The van der Waals surface area contributed by atoms with Gasteiger partial charge in [0, 0.05) is 22.1 Å². The second-order valence-corrected chi connectivity index (χ2v) is 5.43. The minimum Gasteiger partial charge on any atom is -0.452 e. The molecule has 24 heavy (non-hydrogen) atoms. The lowest BCUT2D eigenvalue weighted by Crippen LogP contribution is -2.21. The number of H-pyrrole nitrogens is 1. The van der Waals surface area contributed by atoms with Crippen LogP contribution in [-0.2, 0) is 9.53 Å². The summed E-state index contributed by atoms with van der Waals surface area (Å²) in [6.45, 7) is -0.527. The van der Waals surface area contributed by atoms with Gasteiger partial charge < -0.3 is 15.0 Å². The third-order valence-corrected chi connectivity index (χ3v) is 3.58. The van der Waals surface area contributed by atoms with Crippen LogP contribution in [0.25, 0.3) is 10.9 Å². The molecular formula is C17H12ClFN2O3. The van der Waals surface area contributed by atoms with Crippen molar-refractivity contribution in [3.8, 4) is 0 Å². The maximum atomic E-state index is 13.6. The van der Waals surface area contributed by atoms with Gasteiger partial charge in [-0.1, -0.05) is 29.8 Å². The first-order valence-electron chi connectivity index (χ1n) is 7.03. The van der Waals surface area contributed by atoms with E-state index in [1.165, 1.54) is 18.3 Å². The van der Waals surface area contributed by atoms with E-state index in [4.69, 9.17) is 16.3 Å². The van der Waals surface area contributed by atoms with Crippen molar-refractivity contribution in [1.29, 1.82) is 0 Å². The van der Waals surface area contributed by atoms with Crippen LogP contribution in [-0.4, -0.2) is 23.5 Å². The molecule has 122 valence electrons. The zero-order valence-electron chi connectivity index (χ0n) is 12.3.